The monoisotopic (exact) mass is 322 g/mol. The van der Waals surface area contributed by atoms with E-state index in [1.165, 1.54) is 11.1 Å². The number of aliphatic imine (C=N–C) groups is 1. The summed E-state index contributed by atoms with van der Waals surface area (Å²) in [6, 6.07) is 21.7. The Kier molecular flexibility index (Phi) is 6.33. The van der Waals surface area contributed by atoms with Gasteiger partial charge in [-0.1, -0.05) is 81.4 Å². The van der Waals surface area contributed by atoms with Crippen molar-refractivity contribution >= 4 is 6.21 Å². The van der Waals surface area contributed by atoms with Gasteiger partial charge in [-0.05, 0) is 30.4 Å². The summed E-state index contributed by atoms with van der Waals surface area (Å²) < 4.78 is 0. The number of nitrogens with zero attached hydrogens (tertiary/aromatic N) is 1. The molecule has 24 heavy (non-hydrogen) atoms. The Bertz CT molecular complexity index is 626. The van der Waals surface area contributed by atoms with Crippen LogP contribution in [0.4, 0.5) is 0 Å². The van der Waals surface area contributed by atoms with E-state index in [-0.39, 0.29) is 23.5 Å². The molecule has 128 valence electrons. The number of rotatable bonds is 6. The summed E-state index contributed by atoms with van der Waals surface area (Å²) in [4.78, 5) is 4.82. The molecule has 0 heterocycles. The van der Waals surface area contributed by atoms with Crippen molar-refractivity contribution in [2.75, 3.05) is 0 Å². The molecule has 0 spiro atoms. The Labute approximate surface area is 147 Å². The lowest BCUT2D eigenvalue weighted by Gasteiger charge is -2.31. The van der Waals surface area contributed by atoms with Gasteiger partial charge in [0, 0.05) is 18.3 Å². The number of benzene rings is 2. The average Bonchev–Trinajstić information content (AvgIpc) is 2.58. The molecule has 0 saturated carbocycles. The predicted molar refractivity (Wildman–Crippen MR) is 105 cm³/mol. The van der Waals surface area contributed by atoms with Crippen LogP contribution in [0.25, 0.3) is 0 Å². The van der Waals surface area contributed by atoms with Gasteiger partial charge in [0.15, 0.2) is 0 Å². The van der Waals surface area contributed by atoms with Crippen LogP contribution >= 0.6 is 0 Å². The zero-order valence-corrected chi connectivity index (χ0v) is 15.5. The largest absolute Gasteiger partial charge is 0.302 e. The standard InChI is InChI=1S/C22H30N2/c1-17(19-12-8-6-9-13-19)23-16-21(22(3,4)5)24-18(2)20-14-10-7-11-15-20/h6-18,21,24H,1-5H3/t17-,18-,21?/m1/s1. The van der Waals surface area contributed by atoms with Gasteiger partial charge in [0.05, 0.1) is 6.04 Å². The highest BCUT2D eigenvalue weighted by molar-refractivity contribution is 5.66. The topological polar surface area (TPSA) is 24.4 Å². The van der Waals surface area contributed by atoms with E-state index in [2.05, 4.69) is 101 Å². The highest BCUT2D eigenvalue weighted by atomic mass is 15.0. The smallest absolute Gasteiger partial charge is 0.0717 e. The zero-order chi connectivity index (χ0) is 17.6. The predicted octanol–water partition coefficient (Wildman–Crippen LogP) is 5.58. The second-order valence-electron chi connectivity index (χ2n) is 7.53. The number of hydrogen-bond acceptors (Lipinski definition) is 2. The van der Waals surface area contributed by atoms with Crippen LogP contribution in [0, 0.1) is 5.41 Å². The highest BCUT2D eigenvalue weighted by Gasteiger charge is 2.24. The molecule has 2 heteroatoms. The molecule has 0 aromatic heterocycles. The quantitative estimate of drug-likeness (QED) is 0.689. The van der Waals surface area contributed by atoms with Crippen molar-refractivity contribution in [3.63, 3.8) is 0 Å². The first-order chi connectivity index (χ1) is 11.4. The molecule has 0 aliphatic carbocycles. The van der Waals surface area contributed by atoms with Crippen LogP contribution in [-0.2, 0) is 0 Å². The van der Waals surface area contributed by atoms with Gasteiger partial charge in [0.25, 0.3) is 0 Å². The fourth-order valence-corrected chi connectivity index (χ4v) is 2.66. The second-order valence-corrected chi connectivity index (χ2v) is 7.53. The summed E-state index contributed by atoms with van der Waals surface area (Å²) in [5.41, 5.74) is 2.65. The molecule has 2 aromatic carbocycles. The fourth-order valence-electron chi connectivity index (χ4n) is 2.66. The molecule has 2 aromatic rings. The summed E-state index contributed by atoms with van der Waals surface area (Å²) >= 11 is 0. The van der Waals surface area contributed by atoms with Gasteiger partial charge in [-0.2, -0.15) is 0 Å². The normalized spacial score (nSPS) is 16.0. The zero-order valence-electron chi connectivity index (χ0n) is 15.5. The molecule has 1 unspecified atom stereocenters. The van der Waals surface area contributed by atoms with Gasteiger partial charge in [0.2, 0.25) is 0 Å². The van der Waals surface area contributed by atoms with E-state index in [4.69, 9.17) is 4.99 Å². The molecule has 0 amide bonds. The molecular formula is C22H30N2. The first-order valence-electron chi connectivity index (χ1n) is 8.77. The molecule has 1 N–H and O–H groups in total. The third-order valence-corrected chi connectivity index (χ3v) is 4.40. The van der Waals surface area contributed by atoms with Gasteiger partial charge >= 0.3 is 0 Å². The Morgan fingerprint density at radius 3 is 1.83 bits per heavy atom. The molecule has 3 atom stereocenters. The van der Waals surface area contributed by atoms with Gasteiger partial charge < -0.3 is 5.32 Å². The molecule has 0 radical (unpaired) electrons. The maximum absolute atomic E-state index is 4.82. The minimum Gasteiger partial charge on any atom is -0.302 e. The molecule has 0 saturated heterocycles. The van der Waals surface area contributed by atoms with E-state index in [0.29, 0.717) is 0 Å². The van der Waals surface area contributed by atoms with Crippen molar-refractivity contribution in [2.24, 2.45) is 10.4 Å². The number of nitrogens with one attached hydrogen (secondary N) is 1. The minimum atomic E-state index is 0.100. The van der Waals surface area contributed by atoms with Crippen molar-refractivity contribution in [3.05, 3.63) is 71.8 Å². The molecule has 0 aliphatic rings. The van der Waals surface area contributed by atoms with E-state index in [1.54, 1.807) is 0 Å². The third-order valence-electron chi connectivity index (χ3n) is 4.40. The van der Waals surface area contributed by atoms with E-state index in [1.807, 2.05) is 6.07 Å². The van der Waals surface area contributed by atoms with Crippen molar-refractivity contribution in [1.82, 2.24) is 5.32 Å². The van der Waals surface area contributed by atoms with E-state index in [9.17, 15) is 0 Å². The lowest BCUT2D eigenvalue weighted by atomic mass is 9.86. The van der Waals surface area contributed by atoms with Crippen LogP contribution in [0.2, 0.25) is 0 Å². The Morgan fingerprint density at radius 2 is 1.33 bits per heavy atom. The summed E-state index contributed by atoms with van der Waals surface area (Å²) in [7, 11) is 0. The maximum atomic E-state index is 4.82. The first-order valence-corrected chi connectivity index (χ1v) is 8.77. The van der Waals surface area contributed by atoms with Crippen LogP contribution in [-0.4, -0.2) is 12.3 Å². The fraction of sp³-hybridized carbons (Fsp3) is 0.409. The molecule has 0 fully saturated rings. The van der Waals surface area contributed by atoms with Gasteiger partial charge in [-0.25, -0.2) is 0 Å². The first kappa shape index (κ1) is 18.4. The maximum Gasteiger partial charge on any atom is 0.0717 e. The van der Waals surface area contributed by atoms with Crippen LogP contribution in [0.5, 0.6) is 0 Å². The van der Waals surface area contributed by atoms with Crippen LogP contribution in [0.1, 0.15) is 57.8 Å². The summed E-state index contributed by atoms with van der Waals surface area (Å²) in [5.74, 6) is 0. The molecular weight excluding hydrogens is 292 g/mol. The van der Waals surface area contributed by atoms with E-state index < -0.39 is 0 Å². The Morgan fingerprint density at radius 1 is 0.833 bits per heavy atom. The van der Waals surface area contributed by atoms with Gasteiger partial charge in [-0.15, -0.1) is 0 Å². The number of hydrogen-bond donors (Lipinski definition) is 1. The summed E-state index contributed by atoms with van der Waals surface area (Å²) in [6.45, 7) is 11.1. The molecule has 2 nitrogen and oxygen atoms in total. The summed E-state index contributed by atoms with van der Waals surface area (Å²) in [5, 5.41) is 3.73. The van der Waals surface area contributed by atoms with Crippen LogP contribution in [0.15, 0.2) is 65.7 Å². The minimum absolute atomic E-state index is 0.100. The van der Waals surface area contributed by atoms with Crippen LogP contribution < -0.4 is 5.32 Å². The van der Waals surface area contributed by atoms with Gasteiger partial charge in [0.1, 0.15) is 0 Å². The second kappa shape index (κ2) is 8.25. The molecule has 2 rings (SSSR count). The third kappa shape index (κ3) is 5.31. The van der Waals surface area contributed by atoms with Crippen molar-refractivity contribution in [1.29, 1.82) is 0 Å². The van der Waals surface area contributed by atoms with E-state index in [0.717, 1.165) is 0 Å². The SMILES string of the molecule is C[C@@H](N=CC(N[C@H](C)c1ccccc1)C(C)(C)C)c1ccccc1. The summed E-state index contributed by atoms with van der Waals surface area (Å²) in [6.07, 6.45) is 2.09. The van der Waals surface area contributed by atoms with Gasteiger partial charge in [-0.3, -0.25) is 4.99 Å². The average molecular weight is 322 g/mol. The Hall–Kier alpha value is -1.93. The van der Waals surface area contributed by atoms with Crippen molar-refractivity contribution in [3.8, 4) is 0 Å². The lowest BCUT2D eigenvalue weighted by molar-refractivity contribution is 0.314. The lowest BCUT2D eigenvalue weighted by Crippen LogP contribution is -2.43. The van der Waals surface area contributed by atoms with Crippen LogP contribution in [0.3, 0.4) is 0 Å². The van der Waals surface area contributed by atoms with E-state index >= 15 is 0 Å². The highest BCUT2D eigenvalue weighted by Crippen LogP contribution is 2.23. The molecule has 0 aliphatic heterocycles. The Balaban J connectivity index is 2.10. The van der Waals surface area contributed by atoms with Crippen molar-refractivity contribution < 1.29 is 0 Å². The molecule has 0 bridgehead atoms. The van der Waals surface area contributed by atoms with Crippen molar-refractivity contribution in [2.45, 2.75) is 52.7 Å².